The first-order chi connectivity index (χ1) is 6.52. The van der Waals surface area contributed by atoms with Gasteiger partial charge in [0.2, 0.25) is 0 Å². The Kier molecular flexibility index (Phi) is 19.7. The van der Waals surface area contributed by atoms with Crippen LogP contribution >= 0.6 is 24.4 Å². The normalized spacial score (nSPS) is 8.38. The molecule has 0 heterocycles. The maximum absolute atomic E-state index is 8.85. The van der Waals surface area contributed by atoms with E-state index in [0.29, 0.717) is 13.1 Å². The van der Waals surface area contributed by atoms with Gasteiger partial charge in [0.1, 0.15) is 13.5 Å². The molecule has 0 radical (unpaired) electrons. The molecule has 0 bridgehead atoms. The third-order valence-corrected chi connectivity index (χ3v) is 2.53. The van der Waals surface area contributed by atoms with E-state index >= 15 is 0 Å². The predicted octanol–water partition coefficient (Wildman–Crippen LogP) is -6.84. The van der Waals surface area contributed by atoms with Crippen molar-refractivity contribution in [2.75, 3.05) is 26.6 Å². The van der Waals surface area contributed by atoms with Crippen LogP contribution in [0.4, 0.5) is 0 Å². The number of aliphatic hydroxyl groups is 2. The van der Waals surface area contributed by atoms with Gasteiger partial charge in [-0.1, -0.05) is 8.64 Å². The standard InChI is InChI=1S/C6H12N2O2S4.2Na/c9-3-7(5(11)12)1-2-8(4-10)6(13)14;;/h9-10H,1-4H2,(H,11,12)(H,13,14);;/q;2*+1/p-2. The van der Waals surface area contributed by atoms with Gasteiger partial charge in [-0.25, -0.2) is 0 Å². The molecule has 82 valence electrons. The Morgan fingerprint density at radius 1 is 0.875 bits per heavy atom. The summed E-state index contributed by atoms with van der Waals surface area (Å²) in [6, 6.07) is 0. The maximum atomic E-state index is 8.85. The fourth-order valence-electron chi connectivity index (χ4n) is 0.681. The summed E-state index contributed by atoms with van der Waals surface area (Å²) in [5.74, 6) is 0. The number of nitrogens with zero attached hydrogens (tertiary/aromatic N) is 2. The summed E-state index contributed by atoms with van der Waals surface area (Å²) in [6.45, 7) is 0.282. The zero-order valence-corrected chi connectivity index (χ0v) is 16.5. The van der Waals surface area contributed by atoms with Crippen molar-refractivity contribution in [3.8, 4) is 0 Å². The van der Waals surface area contributed by atoms with E-state index in [1.807, 2.05) is 0 Å². The number of rotatable bonds is 5. The van der Waals surface area contributed by atoms with Gasteiger partial charge in [0.25, 0.3) is 0 Å². The van der Waals surface area contributed by atoms with Crippen LogP contribution < -0.4 is 59.1 Å². The third-order valence-electron chi connectivity index (χ3n) is 1.50. The van der Waals surface area contributed by atoms with Crippen LogP contribution in [0, 0.1) is 0 Å². The van der Waals surface area contributed by atoms with Crippen LogP contribution in [-0.2, 0) is 25.3 Å². The molecule has 10 heteroatoms. The van der Waals surface area contributed by atoms with Crippen LogP contribution in [-0.4, -0.2) is 55.2 Å². The molecule has 0 fully saturated rings. The summed E-state index contributed by atoms with van der Waals surface area (Å²) in [5.41, 5.74) is 0. The number of aliphatic hydroxyl groups excluding tert-OH is 2. The molecule has 0 rings (SSSR count). The van der Waals surface area contributed by atoms with Crippen molar-refractivity contribution < 1.29 is 69.3 Å². The van der Waals surface area contributed by atoms with Gasteiger partial charge in [-0.3, -0.25) is 0 Å². The first-order valence-corrected chi connectivity index (χ1v) is 5.29. The largest absolute Gasteiger partial charge is 1.00 e. The van der Waals surface area contributed by atoms with Crippen molar-refractivity contribution in [1.82, 2.24) is 9.80 Å². The summed E-state index contributed by atoms with van der Waals surface area (Å²) >= 11 is 18.8. The minimum atomic E-state index is -0.244. The number of hydrogen-bond acceptors (Lipinski definition) is 6. The average molecular weight is 316 g/mol. The minimum Gasteiger partial charge on any atom is -0.411 e. The van der Waals surface area contributed by atoms with E-state index in [1.54, 1.807) is 0 Å². The van der Waals surface area contributed by atoms with Crippen molar-refractivity contribution in [2.45, 2.75) is 0 Å². The molecule has 0 aliphatic carbocycles. The Balaban J connectivity index is -0.000000845. The molecule has 4 nitrogen and oxygen atoms in total. The molecule has 0 spiro atoms. The molecule has 16 heavy (non-hydrogen) atoms. The molecule has 2 N–H and O–H groups in total. The molecule has 0 aromatic carbocycles. The topological polar surface area (TPSA) is 46.9 Å². The van der Waals surface area contributed by atoms with E-state index in [-0.39, 0.29) is 81.2 Å². The molecule has 0 aliphatic heterocycles. The molecule has 0 unspecified atom stereocenters. The molecule has 0 saturated carbocycles. The van der Waals surface area contributed by atoms with Gasteiger partial charge in [-0.05, 0) is 0 Å². The van der Waals surface area contributed by atoms with Gasteiger partial charge in [0, 0.05) is 13.1 Å². The van der Waals surface area contributed by atoms with Crippen LogP contribution in [0.2, 0.25) is 0 Å². The molecule has 0 aromatic heterocycles. The smallest absolute Gasteiger partial charge is 0.411 e. The van der Waals surface area contributed by atoms with Gasteiger partial charge in [-0.15, -0.1) is 0 Å². The Hall–Kier alpha value is 2.14. The molecule has 0 amide bonds. The van der Waals surface area contributed by atoms with Gasteiger partial charge in [0.05, 0.1) is 0 Å². The van der Waals surface area contributed by atoms with Crippen LogP contribution in [0.25, 0.3) is 0 Å². The summed E-state index contributed by atoms with van der Waals surface area (Å²) in [6.07, 6.45) is 0. The molecule has 0 saturated heterocycles. The third kappa shape index (κ3) is 10.1. The zero-order chi connectivity index (χ0) is 11.1. The summed E-state index contributed by atoms with van der Waals surface area (Å²) in [7, 11) is 0. The van der Waals surface area contributed by atoms with Gasteiger partial charge >= 0.3 is 59.1 Å². The zero-order valence-electron chi connectivity index (χ0n) is 9.25. The molecular weight excluding hydrogens is 306 g/mol. The van der Waals surface area contributed by atoms with E-state index in [1.165, 1.54) is 9.80 Å². The van der Waals surface area contributed by atoms with Crippen molar-refractivity contribution >= 4 is 58.3 Å². The van der Waals surface area contributed by atoms with Crippen molar-refractivity contribution in [3.05, 3.63) is 0 Å². The van der Waals surface area contributed by atoms with E-state index in [0.717, 1.165) is 0 Å². The van der Waals surface area contributed by atoms with Crippen LogP contribution in [0.5, 0.6) is 0 Å². The molecule has 0 aliphatic rings. The Morgan fingerprint density at radius 3 is 1.25 bits per heavy atom. The summed E-state index contributed by atoms with van der Waals surface area (Å²) < 4.78 is 0.362. The minimum absolute atomic E-state index is 0. The molecule has 0 aromatic rings. The number of thiocarbonyl (C=S) groups is 2. The Bertz CT molecular complexity index is 201. The van der Waals surface area contributed by atoms with Crippen molar-refractivity contribution in [1.29, 1.82) is 0 Å². The van der Waals surface area contributed by atoms with Gasteiger partial charge < -0.3 is 69.7 Å². The predicted molar refractivity (Wildman–Crippen MR) is 67.5 cm³/mol. The van der Waals surface area contributed by atoms with Crippen LogP contribution in [0.3, 0.4) is 0 Å². The Morgan fingerprint density at radius 2 is 1.12 bits per heavy atom. The summed E-state index contributed by atoms with van der Waals surface area (Å²) in [4.78, 5) is 2.81. The van der Waals surface area contributed by atoms with E-state index < -0.39 is 0 Å². The SMILES string of the molecule is OCN(CCN(CO)C(=S)[S-])C(=S)[S-].[Na+].[Na+]. The Labute approximate surface area is 162 Å². The quantitative estimate of drug-likeness (QED) is 0.225. The maximum Gasteiger partial charge on any atom is 1.00 e. The van der Waals surface area contributed by atoms with Crippen molar-refractivity contribution in [3.63, 3.8) is 0 Å². The summed E-state index contributed by atoms with van der Waals surface area (Å²) in [5, 5.41) is 17.7. The fraction of sp³-hybridized carbons (Fsp3) is 0.667. The molecule has 0 atom stereocenters. The average Bonchev–Trinajstić information content (AvgIpc) is 2.11. The van der Waals surface area contributed by atoms with Gasteiger partial charge in [0.15, 0.2) is 0 Å². The van der Waals surface area contributed by atoms with Crippen LogP contribution in [0.1, 0.15) is 0 Å². The number of hydrogen-bond donors (Lipinski definition) is 2. The first-order valence-electron chi connectivity index (χ1n) is 3.66. The second-order valence-electron chi connectivity index (χ2n) is 2.34. The van der Waals surface area contributed by atoms with E-state index in [2.05, 4.69) is 0 Å². The van der Waals surface area contributed by atoms with Crippen LogP contribution in [0.15, 0.2) is 0 Å². The van der Waals surface area contributed by atoms with E-state index in [9.17, 15) is 0 Å². The second kappa shape index (κ2) is 13.6. The van der Waals surface area contributed by atoms with Gasteiger partial charge in [-0.2, -0.15) is 0 Å². The monoisotopic (exact) mass is 316 g/mol. The second-order valence-corrected chi connectivity index (χ2v) is 4.41. The van der Waals surface area contributed by atoms with Crippen molar-refractivity contribution in [2.24, 2.45) is 0 Å². The fourth-order valence-corrected chi connectivity index (χ4v) is 1.28. The van der Waals surface area contributed by atoms with E-state index in [4.69, 9.17) is 59.9 Å². The molecular formula is C6H10N2Na2O2S4. The first kappa shape index (κ1) is 23.2.